The molecule has 2 aromatic heterocycles. The molecule has 11 nitrogen and oxygen atoms in total. The van der Waals surface area contributed by atoms with Gasteiger partial charge < -0.3 is 20.1 Å². The fourth-order valence-electron chi connectivity index (χ4n) is 3.25. The van der Waals surface area contributed by atoms with Crippen LogP contribution in [0.2, 0.25) is 0 Å². The molecule has 0 bridgehead atoms. The standard InChI is InChI=1S/C21H20F3N7O4/c1-2-34-7-6-25-20-30-19(27-14-4-3-5-15(10-14)35-21(22,23)24)29-17-13(11-26-31(17)20)8-12-9-16(32)28-18(12)33/h3-5,8,10-11H,2,6-7,9H2,1H3,(H,28,32,33)(H2,25,27,29,30)/b12-8+. The van der Waals surface area contributed by atoms with Crippen LogP contribution < -0.4 is 20.7 Å². The van der Waals surface area contributed by atoms with Gasteiger partial charge in [0.15, 0.2) is 5.65 Å². The highest BCUT2D eigenvalue weighted by Gasteiger charge is 2.31. The summed E-state index contributed by atoms with van der Waals surface area (Å²) >= 11 is 0. The maximum absolute atomic E-state index is 12.6. The van der Waals surface area contributed by atoms with Gasteiger partial charge in [0.25, 0.3) is 5.91 Å². The number of fused-ring (bicyclic) bond motifs is 1. The summed E-state index contributed by atoms with van der Waals surface area (Å²) in [4.78, 5) is 32.3. The quantitative estimate of drug-likeness (QED) is 0.235. The summed E-state index contributed by atoms with van der Waals surface area (Å²) in [6, 6.07) is 5.22. The summed E-state index contributed by atoms with van der Waals surface area (Å²) in [7, 11) is 0. The van der Waals surface area contributed by atoms with Crippen LogP contribution in [0.5, 0.6) is 5.75 Å². The average Bonchev–Trinajstić information content (AvgIpc) is 3.32. The number of halogens is 3. The summed E-state index contributed by atoms with van der Waals surface area (Å²) < 4.78 is 48.4. The zero-order chi connectivity index (χ0) is 25.0. The predicted octanol–water partition coefficient (Wildman–Crippen LogP) is 2.64. The van der Waals surface area contributed by atoms with Gasteiger partial charge in [-0.3, -0.25) is 14.9 Å². The number of hydrogen-bond acceptors (Lipinski definition) is 9. The topological polar surface area (TPSA) is 132 Å². The largest absolute Gasteiger partial charge is 0.573 e. The number of nitrogens with one attached hydrogen (secondary N) is 3. The number of rotatable bonds is 9. The number of hydrogen-bond donors (Lipinski definition) is 3. The predicted molar refractivity (Wildman–Crippen MR) is 118 cm³/mol. The lowest BCUT2D eigenvalue weighted by molar-refractivity contribution is -0.274. The molecule has 35 heavy (non-hydrogen) atoms. The number of ether oxygens (including phenoxy) is 2. The van der Waals surface area contributed by atoms with Crippen LogP contribution in [0.3, 0.4) is 0 Å². The second-order valence-electron chi connectivity index (χ2n) is 7.25. The number of imide groups is 1. The van der Waals surface area contributed by atoms with Gasteiger partial charge in [-0.15, -0.1) is 13.2 Å². The fraction of sp³-hybridized carbons (Fsp3) is 0.286. The van der Waals surface area contributed by atoms with E-state index in [-0.39, 0.29) is 29.6 Å². The van der Waals surface area contributed by atoms with E-state index in [0.29, 0.717) is 31.0 Å². The fourth-order valence-corrected chi connectivity index (χ4v) is 3.25. The van der Waals surface area contributed by atoms with Crippen molar-refractivity contribution in [1.82, 2.24) is 24.9 Å². The van der Waals surface area contributed by atoms with Crippen LogP contribution in [-0.2, 0) is 14.3 Å². The molecular formula is C21H20F3N7O4. The SMILES string of the molecule is CCOCCNc1nc(Nc2cccc(OC(F)(F)F)c2)nc2c(/C=C3\CC(=O)NC3=O)cnn12. The van der Waals surface area contributed by atoms with Gasteiger partial charge in [-0.25, -0.2) is 0 Å². The van der Waals surface area contributed by atoms with E-state index in [2.05, 4.69) is 35.8 Å². The van der Waals surface area contributed by atoms with E-state index in [1.807, 2.05) is 6.92 Å². The second-order valence-corrected chi connectivity index (χ2v) is 7.25. The summed E-state index contributed by atoms with van der Waals surface area (Å²) in [6.45, 7) is 3.17. The molecule has 0 atom stereocenters. The van der Waals surface area contributed by atoms with Crippen LogP contribution in [0.1, 0.15) is 18.9 Å². The first-order valence-electron chi connectivity index (χ1n) is 10.5. The molecule has 2 amide bonds. The molecule has 3 heterocycles. The molecule has 3 aromatic rings. The van der Waals surface area contributed by atoms with Gasteiger partial charge in [-0.1, -0.05) is 6.07 Å². The normalized spacial score (nSPS) is 15.0. The van der Waals surface area contributed by atoms with Crippen molar-refractivity contribution in [3.8, 4) is 5.75 Å². The molecule has 3 N–H and O–H groups in total. The van der Waals surface area contributed by atoms with E-state index < -0.39 is 23.9 Å². The molecule has 1 fully saturated rings. The van der Waals surface area contributed by atoms with E-state index in [4.69, 9.17) is 4.74 Å². The van der Waals surface area contributed by atoms with Crippen molar-refractivity contribution in [2.45, 2.75) is 19.7 Å². The van der Waals surface area contributed by atoms with Gasteiger partial charge in [0.2, 0.25) is 17.8 Å². The van der Waals surface area contributed by atoms with Gasteiger partial charge in [-0.05, 0) is 25.1 Å². The lowest BCUT2D eigenvalue weighted by Gasteiger charge is -2.12. The average molecular weight is 491 g/mol. The lowest BCUT2D eigenvalue weighted by atomic mass is 10.1. The highest BCUT2D eigenvalue weighted by Crippen LogP contribution is 2.27. The lowest BCUT2D eigenvalue weighted by Crippen LogP contribution is -2.19. The molecular weight excluding hydrogens is 471 g/mol. The maximum atomic E-state index is 12.6. The maximum Gasteiger partial charge on any atom is 0.573 e. The van der Waals surface area contributed by atoms with Crippen LogP contribution in [0.25, 0.3) is 11.7 Å². The van der Waals surface area contributed by atoms with Crippen molar-refractivity contribution >= 4 is 41.1 Å². The number of amides is 2. The van der Waals surface area contributed by atoms with Crippen LogP contribution in [0, 0.1) is 0 Å². The van der Waals surface area contributed by atoms with E-state index >= 15 is 0 Å². The summed E-state index contributed by atoms with van der Waals surface area (Å²) in [6.07, 6.45) is -1.94. The molecule has 184 valence electrons. The van der Waals surface area contributed by atoms with E-state index in [9.17, 15) is 22.8 Å². The minimum Gasteiger partial charge on any atom is -0.406 e. The number of carbonyl (C=O) groups is 2. The Kier molecular flexibility index (Phi) is 6.82. The van der Waals surface area contributed by atoms with Gasteiger partial charge in [0.1, 0.15) is 5.75 Å². The molecule has 0 aliphatic carbocycles. The third-order valence-electron chi connectivity index (χ3n) is 4.68. The van der Waals surface area contributed by atoms with Crippen LogP contribution in [0.15, 0.2) is 36.0 Å². The Labute approximate surface area is 196 Å². The Morgan fingerprint density at radius 1 is 1.26 bits per heavy atom. The van der Waals surface area contributed by atoms with Crippen molar-refractivity contribution in [1.29, 1.82) is 0 Å². The monoisotopic (exact) mass is 491 g/mol. The van der Waals surface area contributed by atoms with Crippen molar-refractivity contribution in [2.24, 2.45) is 0 Å². The zero-order valence-electron chi connectivity index (χ0n) is 18.3. The van der Waals surface area contributed by atoms with Crippen LogP contribution in [-0.4, -0.2) is 57.5 Å². The first kappa shape index (κ1) is 23.9. The van der Waals surface area contributed by atoms with Crippen molar-refractivity contribution in [3.05, 3.63) is 41.6 Å². The van der Waals surface area contributed by atoms with Gasteiger partial charge >= 0.3 is 6.36 Å². The van der Waals surface area contributed by atoms with E-state index in [1.165, 1.54) is 35.0 Å². The number of carbonyl (C=O) groups excluding carboxylic acids is 2. The molecule has 4 rings (SSSR count). The Morgan fingerprint density at radius 2 is 2.09 bits per heavy atom. The Bertz CT molecular complexity index is 1290. The molecule has 0 spiro atoms. The minimum atomic E-state index is -4.83. The highest BCUT2D eigenvalue weighted by molar-refractivity contribution is 6.15. The smallest absolute Gasteiger partial charge is 0.406 e. The second kappa shape index (κ2) is 9.97. The molecule has 0 radical (unpaired) electrons. The van der Waals surface area contributed by atoms with Crippen LogP contribution in [0.4, 0.5) is 30.8 Å². The highest BCUT2D eigenvalue weighted by atomic mass is 19.4. The zero-order valence-corrected chi connectivity index (χ0v) is 18.3. The third-order valence-corrected chi connectivity index (χ3v) is 4.68. The Hall–Kier alpha value is -4.20. The summed E-state index contributed by atoms with van der Waals surface area (Å²) in [5.41, 5.74) is 1.23. The summed E-state index contributed by atoms with van der Waals surface area (Å²) in [5, 5.41) is 12.4. The number of nitrogens with zero attached hydrogens (tertiary/aromatic N) is 4. The van der Waals surface area contributed by atoms with Crippen LogP contribution >= 0.6 is 0 Å². The number of aromatic nitrogens is 4. The first-order chi connectivity index (χ1) is 16.7. The number of anilines is 3. The molecule has 0 unspecified atom stereocenters. The number of benzene rings is 1. The van der Waals surface area contributed by atoms with E-state index in [0.717, 1.165) is 6.07 Å². The van der Waals surface area contributed by atoms with Crippen molar-refractivity contribution < 1.29 is 32.2 Å². The van der Waals surface area contributed by atoms with E-state index in [1.54, 1.807) is 0 Å². The third kappa shape index (κ3) is 6.03. The molecule has 1 aliphatic heterocycles. The van der Waals surface area contributed by atoms with Crippen molar-refractivity contribution in [2.75, 3.05) is 30.4 Å². The van der Waals surface area contributed by atoms with Gasteiger partial charge in [0, 0.05) is 36.0 Å². The summed E-state index contributed by atoms with van der Waals surface area (Å²) in [5.74, 6) is -0.998. The van der Waals surface area contributed by atoms with Gasteiger partial charge in [0.05, 0.1) is 19.2 Å². The minimum absolute atomic E-state index is 0.0488. The Balaban J connectivity index is 1.68. The molecule has 1 aromatic carbocycles. The van der Waals surface area contributed by atoms with Gasteiger partial charge in [-0.2, -0.15) is 19.6 Å². The molecule has 14 heteroatoms. The van der Waals surface area contributed by atoms with Crippen molar-refractivity contribution in [3.63, 3.8) is 0 Å². The number of alkyl halides is 3. The Morgan fingerprint density at radius 3 is 2.80 bits per heavy atom. The molecule has 1 aliphatic rings. The molecule has 0 saturated carbocycles. The molecule has 1 saturated heterocycles. The first-order valence-corrected chi connectivity index (χ1v) is 10.5.